The Balaban J connectivity index is 1.92. The second-order valence-electron chi connectivity index (χ2n) is 7.39. The number of ketones is 1. The highest BCUT2D eigenvalue weighted by Crippen LogP contribution is 2.46. The fourth-order valence-corrected chi connectivity index (χ4v) is 4.38. The van der Waals surface area contributed by atoms with Gasteiger partial charge in [0.1, 0.15) is 5.82 Å². The summed E-state index contributed by atoms with van der Waals surface area (Å²) in [5, 5.41) is 10.6. The molecule has 1 heterocycles. The summed E-state index contributed by atoms with van der Waals surface area (Å²) >= 11 is 6.05. The van der Waals surface area contributed by atoms with Gasteiger partial charge in [0.25, 0.3) is 0 Å². The summed E-state index contributed by atoms with van der Waals surface area (Å²) < 4.78 is 0. The van der Waals surface area contributed by atoms with Crippen LogP contribution in [0, 0.1) is 11.3 Å². The van der Waals surface area contributed by atoms with Crippen molar-refractivity contribution in [3.05, 3.63) is 87.3 Å². The third-order valence-corrected chi connectivity index (χ3v) is 5.97. The Kier molecular flexibility index (Phi) is 5.17. The molecule has 1 atom stereocenters. The van der Waals surface area contributed by atoms with Gasteiger partial charge in [0.2, 0.25) is 0 Å². The van der Waals surface area contributed by atoms with Crippen molar-refractivity contribution < 1.29 is 4.79 Å². The molecular formula is C24H22ClN3O. The van der Waals surface area contributed by atoms with Crippen LogP contribution in [0.25, 0.3) is 0 Å². The molecule has 0 aromatic heterocycles. The van der Waals surface area contributed by atoms with Crippen LogP contribution in [0.4, 0.5) is 5.69 Å². The number of hydrogen-bond donors (Lipinski definition) is 1. The van der Waals surface area contributed by atoms with E-state index in [-0.39, 0.29) is 5.78 Å². The first-order valence-corrected chi connectivity index (χ1v) is 10.2. The maximum atomic E-state index is 13.1. The molecular weight excluding hydrogens is 382 g/mol. The van der Waals surface area contributed by atoms with Gasteiger partial charge in [0.05, 0.1) is 17.6 Å². The molecule has 146 valence electrons. The zero-order chi connectivity index (χ0) is 20.5. The zero-order valence-corrected chi connectivity index (χ0v) is 17.0. The molecule has 2 aromatic carbocycles. The average molecular weight is 404 g/mol. The van der Waals surface area contributed by atoms with Crippen LogP contribution in [0.2, 0.25) is 5.02 Å². The van der Waals surface area contributed by atoms with Crippen molar-refractivity contribution in [3.8, 4) is 6.07 Å². The molecule has 2 aliphatic rings. The Morgan fingerprint density at radius 2 is 1.83 bits per heavy atom. The van der Waals surface area contributed by atoms with Gasteiger partial charge in [-0.25, -0.2) is 0 Å². The van der Waals surface area contributed by atoms with Gasteiger partial charge >= 0.3 is 0 Å². The van der Waals surface area contributed by atoms with E-state index in [0.717, 1.165) is 36.2 Å². The molecule has 29 heavy (non-hydrogen) atoms. The molecule has 2 aromatic rings. The Hall–Kier alpha value is -3.03. The Labute approximate surface area is 175 Å². The summed E-state index contributed by atoms with van der Waals surface area (Å²) in [4.78, 5) is 14.9. The summed E-state index contributed by atoms with van der Waals surface area (Å²) in [5.74, 6) is 0.0557. The van der Waals surface area contributed by atoms with Crippen LogP contribution >= 0.6 is 11.6 Å². The maximum Gasteiger partial charge on any atom is 0.161 e. The van der Waals surface area contributed by atoms with E-state index >= 15 is 0 Å². The minimum atomic E-state index is -0.419. The van der Waals surface area contributed by atoms with Crippen LogP contribution in [0.3, 0.4) is 0 Å². The smallest absolute Gasteiger partial charge is 0.161 e. The fraction of sp³-hybridized carbons (Fsp3) is 0.250. The average Bonchev–Trinajstić information content (AvgIpc) is 2.74. The number of rotatable bonds is 3. The van der Waals surface area contributed by atoms with E-state index in [1.54, 1.807) is 12.1 Å². The zero-order valence-electron chi connectivity index (χ0n) is 16.3. The molecule has 0 bridgehead atoms. The predicted octanol–water partition coefficient (Wildman–Crippen LogP) is 5.21. The second-order valence-corrected chi connectivity index (χ2v) is 7.82. The molecule has 0 radical (unpaired) electrons. The molecule has 4 nitrogen and oxygen atoms in total. The molecule has 0 spiro atoms. The summed E-state index contributed by atoms with van der Waals surface area (Å²) in [5.41, 5.74) is 11.5. The predicted molar refractivity (Wildman–Crippen MR) is 115 cm³/mol. The standard InChI is InChI=1S/C24H22ClN3O/c1-2-15-6-8-16(9-7-15)22-19(14-26)24(27)28(18-12-10-17(25)11-13-18)20-4-3-5-21(29)23(20)22/h6-13,22H,2-5,27H2,1H3. The van der Waals surface area contributed by atoms with Gasteiger partial charge < -0.3 is 5.73 Å². The van der Waals surface area contributed by atoms with Crippen molar-refractivity contribution in [2.75, 3.05) is 4.90 Å². The van der Waals surface area contributed by atoms with Crippen LogP contribution < -0.4 is 10.6 Å². The number of benzene rings is 2. The largest absolute Gasteiger partial charge is 0.384 e. The van der Waals surface area contributed by atoms with Crippen LogP contribution in [0.5, 0.6) is 0 Å². The number of nitrogens with zero attached hydrogens (tertiary/aromatic N) is 2. The number of nitriles is 1. The van der Waals surface area contributed by atoms with Gasteiger partial charge in [0.15, 0.2) is 5.78 Å². The topological polar surface area (TPSA) is 70.1 Å². The number of hydrogen-bond acceptors (Lipinski definition) is 4. The highest BCUT2D eigenvalue weighted by Gasteiger charge is 2.40. The summed E-state index contributed by atoms with van der Waals surface area (Å²) in [6.45, 7) is 2.10. The second kappa shape index (κ2) is 7.77. The summed E-state index contributed by atoms with van der Waals surface area (Å²) in [6, 6.07) is 17.7. The van der Waals surface area contributed by atoms with Gasteiger partial charge in [-0.3, -0.25) is 9.69 Å². The Bertz CT molecular complexity index is 1060. The molecule has 1 aliphatic carbocycles. The van der Waals surface area contributed by atoms with Crippen molar-refractivity contribution in [3.63, 3.8) is 0 Å². The normalized spacial score (nSPS) is 19.3. The first-order valence-electron chi connectivity index (χ1n) is 9.85. The lowest BCUT2D eigenvalue weighted by atomic mass is 9.75. The van der Waals surface area contributed by atoms with E-state index < -0.39 is 5.92 Å². The van der Waals surface area contributed by atoms with E-state index in [1.807, 2.05) is 29.2 Å². The third-order valence-electron chi connectivity index (χ3n) is 5.72. The molecule has 0 saturated carbocycles. The van der Waals surface area contributed by atoms with Gasteiger partial charge in [0, 0.05) is 28.4 Å². The van der Waals surface area contributed by atoms with Gasteiger partial charge in [-0.05, 0) is 54.7 Å². The summed E-state index contributed by atoms with van der Waals surface area (Å²) in [7, 11) is 0. The number of allylic oxidation sites excluding steroid dienone is 3. The minimum Gasteiger partial charge on any atom is -0.384 e. The molecule has 4 rings (SSSR count). The fourth-order valence-electron chi connectivity index (χ4n) is 4.25. The van der Waals surface area contributed by atoms with E-state index in [2.05, 4.69) is 25.1 Å². The van der Waals surface area contributed by atoms with Crippen LogP contribution in [-0.4, -0.2) is 5.78 Å². The van der Waals surface area contributed by atoms with Gasteiger partial charge in [-0.1, -0.05) is 42.8 Å². The van der Waals surface area contributed by atoms with Crippen molar-refractivity contribution >= 4 is 23.1 Å². The molecule has 1 aliphatic heterocycles. The first-order chi connectivity index (χ1) is 14.0. The number of anilines is 1. The van der Waals surface area contributed by atoms with Crippen molar-refractivity contribution in [2.24, 2.45) is 5.73 Å². The summed E-state index contributed by atoms with van der Waals surface area (Å²) in [6.07, 6.45) is 2.95. The third kappa shape index (κ3) is 3.32. The molecule has 2 N–H and O–H groups in total. The number of Topliss-reactive ketones (excluding diaryl/α,β-unsaturated/α-hetero) is 1. The molecule has 5 heteroatoms. The number of carbonyl (C=O) groups is 1. The number of nitrogens with two attached hydrogens (primary N) is 1. The van der Waals surface area contributed by atoms with Crippen molar-refractivity contribution in [1.29, 1.82) is 5.26 Å². The Morgan fingerprint density at radius 1 is 1.14 bits per heavy atom. The monoisotopic (exact) mass is 403 g/mol. The lowest BCUT2D eigenvalue weighted by Crippen LogP contribution is -2.38. The van der Waals surface area contributed by atoms with E-state index in [1.165, 1.54) is 5.56 Å². The van der Waals surface area contributed by atoms with Crippen molar-refractivity contribution in [1.82, 2.24) is 0 Å². The first kappa shape index (κ1) is 19.3. The molecule has 1 unspecified atom stereocenters. The molecule has 0 saturated heterocycles. The lowest BCUT2D eigenvalue weighted by molar-refractivity contribution is -0.116. The molecule has 0 amide bonds. The quantitative estimate of drug-likeness (QED) is 0.763. The lowest BCUT2D eigenvalue weighted by Gasteiger charge is -2.39. The van der Waals surface area contributed by atoms with Gasteiger partial charge in [-0.15, -0.1) is 0 Å². The van der Waals surface area contributed by atoms with Crippen molar-refractivity contribution in [2.45, 2.75) is 38.5 Å². The van der Waals surface area contributed by atoms with Crippen LogP contribution in [-0.2, 0) is 11.2 Å². The van der Waals surface area contributed by atoms with E-state index in [9.17, 15) is 10.1 Å². The van der Waals surface area contributed by atoms with Crippen LogP contribution in [0.1, 0.15) is 43.2 Å². The number of halogens is 1. The maximum absolute atomic E-state index is 13.1. The number of aryl methyl sites for hydroxylation is 1. The van der Waals surface area contributed by atoms with Crippen LogP contribution in [0.15, 0.2) is 71.2 Å². The van der Waals surface area contributed by atoms with Gasteiger partial charge in [-0.2, -0.15) is 5.26 Å². The van der Waals surface area contributed by atoms with E-state index in [0.29, 0.717) is 28.4 Å². The minimum absolute atomic E-state index is 0.0926. The SMILES string of the molecule is CCc1ccc(C2C(C#N)=C(N)N(c3ccc(Cl)cc3)C3=C2C(=O)CCC3)cc1. The highest BCUT2D eigenvalue weighted by atomic mass is 35.5. The highest BCUT2D eigenvalue weighted by molar-refractivity contribution is 6.30. The Morgan fingerprint density at radius 3 is 2.45 bits per heavy atom. The molecule has 0 fully saturated rings. The van der Waals surface area contributed by atoms with E-state index in [4.69, 9.17) is 17.3 Å². The number of carbonyl (C=O) groups excluding carboxylic acids is 1.